The normalized spacial score (nSPS) is 19.4. The molecule has 144 valence electrons. The average molecular weight is 409 g/mol. The van der Waals surface area contributed by atoms with E-state index in [0.29, 0.717) is 46.5 Å². The van der Waals surface area contributed by atoms with Crippen LogP contribution in [0.3, 0.4) is 0 Å². The van der Waals surface area contributed by atoms with Crippen molar-refractivity contribution in [1.29, 1.82) is 0 Å². The number of carbonyl (C=O) groups excluding carboxylic acids is 1. The van der Waals surface area contributed by atoms with E-state index in [1.54, 1.807) is 24.4 Å². The molecule has 2 fully saturated rings. The number of benzene rings is 1. The number of amides is 1. The van der Waals surface area contributed by atoms with Crippen LogP contribution in [0.1, 0.15) is 31.6 Å². The molecule has 2 heterocycles. The maximum atomic E-state index is 12.7. The third-order valence-electron chi connectivity index (χ3n) is 5.09. The van der Waals surface area contributed by atoms with E-state index >= 15 is 0 Å². The molecule has 0 N–H and O–H groups in total. The van der Waals surface area contributed by atoms with E-state index in [1.807, 2.05) is 4.90 Å². The molecular formula is C20H22Cl2N2O3. The van der Waals surface area contributed by atoms with Gasteiger partial charge in [0, 0.05) is 48.5 Å². The van der Waals surface area contributed by atoms with Crippen molar-refractivity contribution in [3.63, 3.8) is 0 Å². The van der Waals surface area contributed by atoms with Crippen molar-refractivity contribution in [2.45, 2.75) is 38.1 Å². The topological polar surface area (TPSA) is 55.6 Å². The van der Waals surface area contributed by atoms with Crippen LogP contribution in [0.2, 0.25) is 10.0 Å². The Bertz CT molecular complexity index is 813. The molecule has 0 bridgehead atoms. The van der Waals surface area contributed by atoms with Gasteiger partial charge in [-0.05, 0) is 37.5 Å². The van der Waals surface area contributed by atoms with Gasteiger partial charge in [0.1, 0.15) is 0 Å². The van der Waals surface area contributed by atoms with E-state index in [-0.39, 0.29) is 5.91 Å². The lowest BCUT2D eigenvalue weighted by Gasteiger charge is -2.25. The summed E-state index contributed by atoms with van der Waals surface area (Å²) in [6, 6.07) is 5.64. The molecule has 1 aliphatic carbocycles. The van der Waals surface area contributed by atoms with Gasteiger partial charge in [0.15, 0.2) is 11.7 Å². The number of halogens is 2. The fourth-order valence-corrected chi connectivity index (χ4v) is 3.94. The molecule has 1 aliphatic heterocycles. The van der Waals surface area contributed by atoms with E-state index in [0.717, 1.165) is 44.6 Å². The summed E-state index contributed by atoms with van der Waals surface area (Å²) in [5.74, 6) is 1.77. The first-order chi connectivity index (χ1) is 13.1. The first-order valence-electron chi connectivity index (χ1n) is 9.37. The van der Waals surface area contributed by atoms with Crippen LogP contribution in [-0.2, 0) is 16.0 Å². The Hall–Kier alpha value is -1.56. The minimum absolute atomic E-state index is 0.175. The smallest absolute Gasteiger partial charge is 0.223 e. The van der Waals surface area contributed by atoms with Crippen molar-refractivity contribution in [1.82, 2.24) is 9.88 Å². The first-order valence-corrected chi connectivity index (χ1v) is 10.1. The summed E-state index contributed by atoms with van der Waals surface area (Å²) in [6.07, 6.45) is 5.78. The number of hydrogen-bond acceptors (Lipinski definition) is 4. The van der Waals surface area contributed by atoms with Crippen molar-refractivity contribution >= 4 is 29.1 Å². The number of nitrogens with zero attached hydrogens (tertiary/aromatic N) is 2. The molecule has 0 unspecified atom stereocenters. The number of carbonyl (C=O) groups is 1. The summed E-state index contributed by atoms with van der Waals surface area (Å²) >= 11 is 12.2. The largest absolute Gasteiger partial charge is 0.441 e. The molecule has 1 saturated carbocycles. The van der Waals surface area contributed by atoms with Crippen LogP contribution >= 0.6 is 23.2 Å². The molecule has 4 rings (SSSR count). The molecule has 1 saturated heterocycles. The van der Waals surface area contributed by atoms with Crippen molar-refractivity contribution < 1.29 is 13.9 Å². The Labute approximate surface area is 168 Å². The molecule has 0 radical (unpaired) electrons. The molecule has 2 aliphatic rings. The fraction of sp³-hybridized carbons (Fsp3) is 0.500. The Kier molecular flexibility index (Phi) is 5.71. The number of aromatic nitrogens is 1. The zero-order valence-corrected chi connectivity index (χ0v) is 16.5. The Morgan fingerprint density at radius 1 is 1.26 bits per heavy atom. The van der Waals surface area contributed by atoms with E-state index in [9.17, 15) is 4.79 Å². The lowest BCUT2D eigenvalue weighted by atomic mass is 10.1. The lowest BCUT2D eigenvalue weighted by molar-refractivity contribution is -0.132. The van der Waals surface area contributed by atoms with Crippen LogP contribution in [0.25, 0.3) is 11.3 Å². The Balaban J connectivity index is 1.36. The predicted molar refractivity (Wildman–Crippen MR) is 104 cm³/mol. The highest BCUT2D eigenvalue weighted by Crippen LogP contribution is 2.32. The van der Waals surface area contributed by atoms with Gasteiger partial charge in [-0.25, -0.2) is 4.98 Å². The van der Waals surface area contributed by atoms with Gasteiger partial charge in [0.25, 0.3) is 0 Å². The monoisotopic (exact) mass is 408 g/mol. The fourth-order valence-electron chi connectivity index (χ4n) is 3.44. The van der Waals surface area contributed by atoms with Crippen LogP contribution in [0.15, 0.2) is 28.8 Å². The van der Waals surface area contributed by atoms with Gasteiger partial charge < -0.3 is 14.1 Å². The highest BCUT2D eigenvalue weighted by atomic mass is 35.5. The summed E-state index contributed by atoms with van der Waals surface area (Å²) in [7, 11) is 0. The Morgan fingerprint density at radius 2 is 2.11 bits per heavy atom. The van der Waals surface area contributed by atoms with Gasteiger partial charge in [-0.2, -0.15) is 0 Å². The van der Waals surface area contributed by atoms with Crippen molar-refractivity contribution in [2.75, 3.05) is 19.8 Å². The standard InChI is InChI=1S/C20H22Cl2N2O3/c21-14-1-4-16(17(22)9-14)18-10-23-19(27-18)5-6-20(25)24(15-2-3-15)11-13-7-8-26-12-13/h1,4,9-10,13,15H,2-3,5-8,11-12H2/t13-/m0/s1. The summed E-state index contributed by atoms with van der Waals surface area (Å²) in [4.78, 5) is 19.1. The third kappa shape index (κ3) is 4.65. The summed E-state index contributed by atoms with van der Waals surface area (Å²) in [5.41, 5.74) is 0.743. The van der Waals surface area contributed by atoms with Crippen LogP contribution in [0.5, 0.6) is 0 Å². The first kappa shape index (κ1) is 18.8. The predicted octanol–water partition coefficient (Wildman–Crippen LogP) is 4.61. The summed E-state index contributed by atoms with van der Waals surface area (Å²) in [5, 5.41) is 1.09. The molecule has 2 aromatic rings. The van der Waals surface area contributed by atoms with Crippen molar-refractivity contribution in [2.24, 2.45) is 5.92 Å². The molecule has 27 heavy (non-hydrogen) atoms. The number of hydrogen-bond donors (Lipinski definition) is 0. The van der Waals surface area contributed by atoms with Gasteiger partial charge in [0.2, 0.25) is 5.91 Å². The lowest BCUT2D eigenvalue weighted by Crippen LogP contribution is -2.37. The highest BCUT2D eigenvalue weighted by molar-refractivity contribution is 6.36. The molecular weight excluding hydrogens is 387 g/mol. The molecule has 5 nitrogen and oxygen atoms in total. The second-order valence-electron chi connectivity index (χ2n) is 7.25. The van der Waals surface area contributed by atoms with Crippen LogP contribution in [0.4, 0.5) is 0 Å². The van der Waals surface area contributed by atoms with Crippen LogP contribution in [0, 0.1) is 5.92 Å². The highest BCUT2D eigenvalue weighted by Gasteiger charge is 2.34. The van der Waals surface area contributed by atoms with Gasteiger partial charge in [-0.3, -0.25) is 4.79 Å². The molecule has 1 aromatic heterocycles. The second kappa shape index (κ2) is 8.21. The Morgan fingerprint density at radius 3 is 2.81 bits per heavy atom. The minimum atomic E-state index is 0.175. The SMILES string of the molecule is O=C(CCc1ncc(-c2ccc(Cl)cc2Cl)o1)N(C[C@@H]1CCOC1)C1CC1. The molecule has 1 aromatic carbocycles. The van der Waals surface area contributed by atoms with Crippen LogP contribution in [-0.4, -0.2) is 41.6 Å². The number of ether oxygens (including phenoxy) is 1. The van der Waals surface area contributed by atoms with E-state index < -0.39 is 0 Å². The average Bonchev–Trinajstić information content (AvgIpc) is 3.15. The second-order valence-corrected chi connectivity index (χ2v) is 8.09. The quantitative estimate of drug-likeness (QED) is 0.670. The zero-order chi connectivity index (χ0) is 18.8. The maximum Gasteiger partial charge on any atom is 0.223 e. The van der Waals surface area contributed by atoms with Gasteiger partial charge in [-0.15, -0.1) is 0 Å². The van der Waals surface area contributed by atoms with Gasteiger partial charge in [-0.1, -0.05) is 23.2 Å². The third-order valence-corrected chi connectivity index (χ3v) is 5.64. The van der Waals surface area contributed by atoms with Gasteiger partial charge >= 0.3 is 0 Å². The molecule has 0 spiro atoms. The zero-order valence-electron chi connectivity index (χ0n) is 15.0. The van der Waals surface area contributed by atoms with E-state index in [1.165, 1.54) is 0 Å². The summed E-state index contributed by atoms with van der Waals surface area (Å²) < 4.78 is 11.2. The molecule has 1 atom stereocenters. The molecule has 1 amide bonds. The van der Waals surface area contributed by atoms with E-state index in [2.05, 4.69) is 4.98 Å². The number of aryl methyl sites for hydroxylation is 1. The number of rotatable bonds is 7. The van der Waals surface area contributed by atoms with Crippen molar-refractivity contribution in [3.8, 4) is 11.3 Å². The van der Waals surface area contributed by atoms with Crippen LogP contribution < -0.4 is 0 Å². The molecule has 7 heteroatoms. The van der Waals surface area contributed by atoms with E-state index in [4.69, 9.17) is 32.4 Å². The van der Waals surface area contributed by atoms with Gasteiger partial charge in [0.05, 0.1) is 17.8 Å². The minimum Gasteiger partial charge on any atom is -0.441 e. The van der Waals surface area contributed by atoms with Crippen molar-refractivity contribution in [3.05, 3.63) is 40.3 Å². The summed E-state index contributed by atoms with van der Waals surface area (Å²) in [6.45, 7) is 2.38. The number of oxazole rings is 1. The maximum absolute atomic E-state index is 12.7.